The van der Waals surface area contributed by atoms with Crippen molar-refractivity contribution < 1.29 is 0 Å². The van der Waals surface area contributed by atoms with Gasteiger partial charge in [-0.15, -0.1) is 0 Å². The Hall–Kier alpha value is -0.260. The topological polar surface area (TPSA) is 0 Å². The molecule has 0 heterocycles. The van der Waals surface area contributed by atoms with E-state index in [0.717, 1.165) is 11.8 Å². The van der Waals surface area contributed by atoms with Gasteiger partial charge >= 0.3 is 0 Å². The average molecular weight is 222 g/mol. The van der Waals surface area contributed by atoms with E-state index in [4.69, 9.17) is 0 Å². The van der Waals surface area contributed by atoms with Crippen LogP contribution >= 0.6 is 0 Å². The Morgan fingerprint density at radius 2 is 1.00 bits per heavy atom. The lowest BCUT2D eigenvalue weighted by molar-refractivity contribution is 0.234. The van der Waals surface area contributed by atoms with Crippen molar-refractivity contribution in [1.29, 1.82) is 0 Å². The predicted molar refractivity (Wildman–Crippen MR) is 73.5 cm³/mol. The first-order chi connectivity index (χ1) is 7.21. The summed E-state index contributed by atoms with van der Waals surface area (Å²) in [5, 5.41) is 0. The van der Waals surface area contributed by atoms with Crippen molar-refractivity contribution in [3.8, 4) is 0 Å². The van der Waals surface area contributed by atoms with E-state index in [1.165, 1.54) is 25.7 Å². The summed E-state index contributed by atoms with van der Waals surface area (Å²) >= 11 is 0. The fourth-order valence-corrected chi connectivity index (χ4v) is 2.63. The first kappa shape index (κ1) is 13.8. The molecule has 0 aromatic carbocycles. The summed E-state index contributed by atoms with van der Waals surface area (Å²) in [5.41, 5.74) is 0.854. The average Bonchev–Trinajstić information content (AvgIpc) is 1.96. The van der Waals surface area contributed by atoms with E-state index in [0.29, 0.717) is 10.8 Å². The van der Waals surface area contributed by atoms with Gasteiger partial charge in [0.15, 0.2) is 0 Å². The molecular weight excluding hydrogens is 192 g/mol. The third-order valence-corrected chi connectivity index (χ3v) is 4.08. The van der Waals surface area contributed by atoms with Crippen LogP contribution in [0.25, 0.3) is 0 Å². The lowest BCUT2D eigenvalue weighted by Crippen LogP contribution is -2.23. The Bertz CT molecular complexity index is 208. The minimum absolute atomic E-state index is 0.427. The number of rotatable bonds is 0. The molecule has 0 nitrogen and oxygen atoms in total. The van der Waals surface area contributed by atoms with Gasteiger partial charge in [0.2, 0.25) is 0 Å². The SMILES string of the molecule is CC(C)(C)C1/C=C/C(C(C)(C)C)CCCC1. The monoisotopic (exact) mass is 222 g/mol. The molecule has 0 amide bonds. The molecule has 1 aliphatic rings. The van der Waals surface area contributed by atoms with Crippen molar-refractivity contribution in [3.05, 3.63) is 12.2 Å². The zero-order valence-corrected chi connectivity index (χ0v) is 12.1. The Labute approximate surface area is 103 Å². The molecule has 0 saturated heterocycles. The predicted octanol–water partition coefficient (Wildman–Crippen LogP) is 5.44. The molecule has 0 aliphatic heterocycles. The van der Waals surface area contributed by atoms with Crippen LogP contribution < -0.4 is 0 Å². The van der Waals surface area contributed by atoms with E-state index >= 15 is 0 Å². The van der Waals surface area contributed by atoms with E-state index in [2.05, 4.69) is 53.7 Å². The molecule has 2 unspecified atom stereocenters. The second-order valence-electron chi connectivity index (χ2n) is 7.61. The van der Waals surface area contributed by atoms with Crippen LogP contribution in [0.4, 0.5) is 0 Å². The second-order valence-corrected chi connectivity index (χ2v) is 7.61. The van der Waals surface area contributed by atoms with Crippen LogP contribution in [0.2, 0.25) is 0 Å². The highest BCUT2D eigenvalue weighted by atomic mass is 14.3. The van der Waals surface area contributed by atoms with Crippen LogP contribution in [-0.2, 0) is 0 Å². The van der Waals surface area contributed by atoms with Crippen LogP contribution in [-0.4, -0.2) is 0 Å². The quantitative estimate of drug-likeness (QED) is 0.479. The van der Waals surface area contributed by atoms with E-state index in [9.17, 15) is 0 Å². The van der Waals surface area contributed by atoms with Crippen molar-refractivity contribution >= 4 is 0 Å². The molecule has 0 fully saturated rings. The molecule has 1 rings (SSSR count). The molecule has 0 aromatic rings. The normalized spacial score (nSPS) is 30.6. The number of hydrogen-bond donors (Lipinski definition) is 0. The Kier molecular flexibility index (Phi) is 4.26. The van der Waals surface area contributed by atoms with Crippen molar-refractivity contribution in [2.45, 2.75) is 67.2 Å². The summed E-state index contributed by atoms with van der Waals surface area (Å²) in [4.78, 5) is 0. The first-order valence-corrected chi connectivity index (χ1v) is 6.89. The van der Waals surface area contributed by atoms with Crippen molar-refractivity contribution in [1.82, 2.24) is 0 Å². The summed E-state index contributed by atoms with van der Waals surface area (Å²) in [6, 6.07) is 0. The third-order valence-electron chi connectivity index (χ3n) is 4.08. The lowest BCUT2D eigenvalue weighted by atomic mass is 9.72. The van der Waals surface area contributed by atoms with E-state index in [-0.39, 0.29) is 0 Å². The molecule has 2 atom stereocenters. The molecule has 94 valence electrons. The van der Waals surface area contributed by atoms with Gasteiger partial charge in [-0.1, -0.05) is 66.5 Å². The standard InChI is InChI=1S/C16H30/c1-15(2,3)13-9-7-8-10-14(12-11-13)16(4,5)6/h11-14H,7-10H2,1-6H3/b12-11+. The Morgan fingerprint density at radius 3 is 1.25 bits per heavy atom. The van der Waals surface area contributed by atoms with Gasteiger partial charge in [-0.25, -0.2) is 0 Å². The van der Waals surface area contributed by atoms with Gasteiger partial charge in [0.1, 0.15) is 0 Å². The number of allylic oxidation sites excluding steroid dienone is 2. The lowest BCUT2D eigenvalue weighted by Gasteiger charge is -2.34. The highest BCUT2D eigenvalue weighted by molar-refractivity contribution is 5.01. The van der Waals surface area contributed by atoms with Gasteiger partial charge in [0, 0.05) is 0 Å². The molecule has 1 aliphatic carbocycles. The zero-order chi connectivity index (χ0) is 12.4. The van der Waals surface area contributed by atoms with E-state index in [1.54, 1.807) is 0 Å². The highest BCUT2D eigenvalue weighted by Crippen LogP contribution is 2.38. The maximum atomic E-state index is 2.51. The second kappa shape index (κ2) is 4.94. The maximum Gasteiger partial charge on any atom is -0.0185 e. The smallest absolute Gasteiger partial charge is 0.0185 e. The van der Waals surface area contributed by atoms with Gasteiger partial charge < -0.3 is 0 Å². The summed E-state index contributed by atoms with van der Waals surface area (Å²) in [5.74, 6) is 1.52. The fourth-order valence-electron chi connectivity index (χ4n) is 2.63. The van der Waals surface area contributed by atoms with Crippen molar-refractivity contribution in [2.24, 2.45) is 22.7 Å². The molecule has 0 bridgehead atoms. The van der Waals surface area contributed by atoms with Crippen LogP contribution in [0, 0.1) is 22.7 Å². The molecule has 0 N–H and O–H groups in total. The van der Waals surface area contributed by atoms with Gasteiger partial charge in [0.25, 0.3) is 0 Å². The summed E-state index contributed by atoms with van der Waals surface area (Å²) in [6.07, 6.45) is 10.6. The Balaban J connectivity index is 2.78. The van der Waals surface area contributed by atoms with Gasteiger partial charge in [-0.05, 0) is 35.5 Å². The largest absolute Gasteiger partial charge is 0.0846 e. The fraction of sp³-hybridized carbons (Fsp3) is 0.875. The van der Waals surface area contributed by atoms with Gasteiger partial charge in [0.05, 0.1) is 0 Å². The highest BCUT2D eigenvalue weighted by Gasteiger charge is 2.27. The molecular formula is C16H30. The van der Waals surface area contributed by atoms with Gasteiger partial charge in [-0.2, -0.15) is 0 Å². The Morgan fingerprint density at radius 1 is 0.688 bits per heavy atom. The summed E-state index contributed by atoms with van der Waals surface area (Å²) in [6.45, 7) is 14.2. The molecule has 0 saturated carbocycles. The first-order valence-electron chi connectivity index (χ1n) is 6.89. The molecule has 0 spiro atoms. The molecule has 0 heteroatoms. The van der Waals surface area contributed by atoms with Crippen LogP contribution in [0.5, 0.6) is 0 Å². The zero-order valence-electron chi connectivity index (χ0n) is 12.1. The van der Waals surface area contributed by atoms with Crippen molar-refractivity contribution in [3.63, 3.8) is 0 Å². The molecule has 0 radical (unpaired) electrons. The van der Waals surface area contributed by atoms with Crippen molar-refractivity contribution in [2.75, 3.05) is 0 Å². The van der Waals surface area contributed by atoms with Crippen LogP contribution in [0.15, 0.2) is 12.2 Å². The molecule has 0 aromatic heterocycles. The van der Waals surface area contributed by atoms with Gasteiger partial charge in [-0.3, -0.25) is 0 Å². The minimum atomic E-state index is 0.427. The van der Waals surface area contributed by atoms with Crippen LogP contribution in [0.3, 0.4) is 0 Å². The number of hydrogen-bond acceptors (Lipinski definition) is 0. The summed E-state index contributed by atoms with van der Waals surface area (Å²) < 4.78 is 0. The molecule has 16 heavy (non-hydrogen) atoms. The van der Waals surface area contributed by atoms with E-state index in [1.807, 2.05) is 0 Å². The third kappa shape index (κ3) is 3.96. The van der Waals surface area contributed by atoms with E-state index < -0.39 is 0 Å². The maximum absolute atomic E-state index is 2.51. The summed E-state index contributed by atoms with van der Waals surface area (Å²) in [7, 11) is 0. The minimum Gasteiger partial charge on any atom is -0.0846 e. The van der Waals surface area contributed by atoms with Crippen LogP contribution in [0.1, 0.15) is 67.2 Å².